The second-order valence-electron chi connectivity index (χ2n) is 5.42. The van der Waals surface area contributed by atoms with Crippen LogP contribution in [0.4, 0.5) is 11.4 Å². The van der Waals surface area contributed by atoms with E-state index < -0.39 is 6.10 Å². The van der Waals surface area contributed by atoms with Crippen LogP contribution in [0.2, 0.25) is 5.02 Å². The van der Waals surface area contributed by atoms with Crippen LogP contribution in [-0.2, 0) is 4.79 Å². The van der Waals surface area contributed by atoms with Gasteiger partial charge in [-0.05, 0) is 69.3 Å². The Balaban J connectivity index is 1.94. The van der Waals surface area contributed by atoms with E-state index >= 15 is 0 Å². The van der Waals surface area contributed by atoms with Crippen molar-refractivity contribution in [2.45, 2.75) is 26.9 Å². The van der Waals surface area contributed by atoms with Gasteiger partial charge in [0.2, 0.25) is 0 Å². The van der Waals surface area contributed by atoms with Gasteiger partial charge < -0.3 is 15.0 Å². The van der Waals surface area contributed by atoms with Crippen molar-refractivity contribution in [3.8, 4) is 5.75 Å². The molecule has 1 N–H and O–H groups in total. The first-order valence-electron chi connectivity index (χ1n) is 8.11. The summed E-state index contributed by atoms with van der Waals surface area (Å²) in [5.74, 6) is 0.416. The van der Waals surface area contributed by atoms with Gasteiger partial charge in [-0.25, -0.2) is 0 Å². The molecule has 0 saturated heterocycles. The molecular weight excluding hydrogens is 324 g/mol. The minimum absolute atomic E-state index is 0.194. The van der Waals surface area contributed by atoms with Gasteiger partial charge in [0.15, 0.2) is 6.10 Å². The Morgan fingerprint density at radius 3 is 2.21 bits per heavy atom. The van der Waals surface area contributed by atoms with Gasteiger partial charge in [-0.15, -0.1) is 0 Å². The van der Waals surface area contributed by atoms with Crippen molar-refractivity contribution in [1.29, 1.82) is 0 Å². The molecule has 0 fully saturated rings. The number of anilines is 2. The number of carbonyl (C=O) groups excluding carboxylic acids is 1. The van der Waals surface area contributed by atoms with E-state index in [1.54, 1.807) is 31.2 Å². The molecule has 2 aromatic rings. The van der Waals surface area contributed by atoms with Crippen molar-refractivity contribution in [2.24, 2.45) is 0 Å². The molecule has 24 heavy (non-hydrogen) atoms. The molecule has 1 atom stereocenters. The summed E-state index contributed by atoms with van der Waals surface area (Å²) in [4.78, 5) is 14.5. The third-order valence-corrected chi connectivity index (χ3v) is 4.01. The molecule has 0 aromatic heterocycles. The second-order valence-corrected chi connectivity index (χ2v) is 5.86. The van der Waals surface area contributed by atoms with Crippen molar-refractivity contribution < 1.29 is 9.53 Å². The number of benzene rings is 2. The molecule has 0 unspecified atom stereocenters. The van der Waals surface area contributed by atoms with E-state index in [1.165, 1.54) is 0 Å². The van der Waals surface area contributed by atoms with Crippen LogP contribution in [-0.4, -0.2) is 25.1 Å². The monoisotopic (exact) mass is 346 g/mol. The molecule has 0 saturated carbocycles. The average Bonchev–Trinajstić information content (AvgIpc) is 2.59. The van der Waals surface area contributed by atoms with Gasteiger partial charge in [0.05, 0.1) is 0 Å². The molecule has 0 heterocycles. The Bertz CT molecular complexity index is 652. The van der Waals surface area contributed by atoms with Gasteiger partial charge in [-0.3, -0.25) is 4.79 Å². The Hall–Kier alpha value is -2.20. The number of ether oxygens (including phenoxy) is 1. The molecule has 2 rings (SSSR count). The SMILES string of the molecule is CCN(CC)c1ccc(NC(=O)[C@H](C)Oc2ccc(Cl)cc2)cc1. The highest BCUT2D eigenvalue weighted by Crippen LogP contribution is 2.19. The first kappa shape index (κ1) is 18.1. The third kappa shape index (κ3) is 4.90. The predicted molar refractivity (Wildman–Crippen MR) is 100 cm³/mol. The number of hydrogen-bond donors (Lipinski definition) is 1. The topological polar surface area (TPSA) is 41.6 Å². The normalized spacial score (nSPS) is 11.7. The van der Waals surface area contributed by atoms with E-state index in [9.17, 15) is 4.79 Å². The zero-order valence-electron chi connectivity index (χ0n) is 14.3. The highest BCUT2D eigenvalue weighted by Gasteiger charge is 2.15. The molecule has 4 nitrogen and oxygen atoms in total. The number of rotatable bonds is 7. The number of hydrogen-bond acceptors (Lipinski definition) is 3. The van der Waals surface area contributed by atoms with Gasteiger partial charge in [-0.2, -0.15) is 0 Å². The fourth-order valence-electron chi connectivity index (χ4n) is 2.36. The van der Waals surface area contributed by atoms with Crippen LogP contribution in [0.15, 0.2) is 48.5 Å². The molecule has 0 bridgehead atoms. The molecule has 1 amide bonds. The molecule has 128 valence electrons. The molecule has 0 aliphatic carbocycles. The fourth-order valence-corrected chi connectivity index (χ4v) is 2.49. The minimum Gasteiger partial charge on any atom is -0.481 e. The molecule has 0 aliphatic rings. The van der Waals surface area contributed by atoms with Crippen molar-refractivity contribution in [2.75, 3.05) is 23.3 Å². The van der Waals surface area contributed by atoms with Gasteiger partial charge in [0.1, 0.15) is 5.75 Å². The third-order valence-electron chi connectivity index (χ3n) is 3.76. The number of halogens is 1. The molecule has 5 heteroatoms. The van der Waals surface area contributed by atoms with Crippen LogP contribution in [0.1, 0.15) is 20.8 Å². The zero-order chi connectivity index (χ0) is 17.5. The Morgan fingerprint density at radius 2 is 1.67 bits per heavy atom. The molecular formula is C19H23ClN2O2. The maximum atomic E-state index is 12.2. The van der Waals surface area contributed by atoms with Crippen LogP contribution in [0.5, 0.6) is 5.75 Å². The lowest BCUT2D eigenvalue weighted by molar-refractivity contribution is -0.122. The van der Waals surface area contributed by atoms with E-state index in [-0.39, 0.29) is 5.91 Å². The first-order chi connectivity index (χ1) is 11.5. The van der Waals surface area contributed by atoms with E-state index in [4.69, 9.17) is 16.3 Å². The van der Waals surface area contributed by atoms with Crippen LogP contribution < -0.4 is 15.0 Å². The lowest BCUT2D eigenvalue weighted by Gasteiger charge is -2.21. The Kier molecular flexibility index (Phi) is 6.50. The molecule has 0 radical (unpaired) electrons. The van der Waals surface area contributed by atoms with E-state index in [2.05, 4.69) is 24.1 Å². The Morgan fingerprint density at radius 1 is 1.08 bits per heavy atom. The van der Waals surface area contributed by atoms with Crippen LogP contribution in [0.25, 0.3) is 0 Å². The summed E-state index contributed by atoms with van der Waals surface area (Å²) in [6, 6.07) is 14.8. The summed E-state index contributed by atoms with van der Waals surface area (Å²) >= 11 is 5.84. The highest BCUT2D eigenvalue weighted by atomic mass is 35.5. The molecule has 2 aromatic carbocycles. The molecule has 0 spiro atoms. The summed E-state index contributed by atoms with van der Waals surface area (Å²) in [5, 5.41) is 3.50. The van der Waals surface area contributed by atoms with Crippen LogP contribution in [0, 0.1) is 0 Å². The van der Waals surface area contributed by atoms with Crippen LogP contribution in [0.3, 0.4) is 0 Å². The summed E-state index contributed by atoms with van der Waals surface area (Å²) in [7, 11) is 0. The first-order valence-corrected chi connectivity index (χ1v) is 8.49. The maximum absolute atomic E-state index is 12.2. The predicted octanol–water partition coefficient (Wildman–Crippen LogP) is 4.59. The number of nitrogens with one attached hydrogen (secondary N) is 1. The minimum atomic E-state index is -0.603. The van der Waals surface area contributed by atoms with Crippen molar-refractivity contribution in [3.05, 3.63) is 53.6 Å². The quantitative estimate of drug-likeness (QED) is 0.797. The fraction of sp³-hybridized carbons (Fsp3) is 0.316. The summed E-state index contributed by atoms with van der Waals surface area (Å²) in [5.41, 5.74) is 1.89. The van der Waals surface area contributed by atoms with Crippen molar-refractivity contribution >= 4 is 28.9 Å². The Labute approximate surface area is 148 Å². The highest BCUT2D eigenvalue weighted by molar-refractivity contribution is 6.30. The zero-order valence-corrected chi connectivity index (χ0v) is 15.0. The number of nitrogens with zero attached hydrogens (tertiary/aromatic N) is 1. The van der Waals surface area contributed by atoms with Gasteiger partial charge in [0.25, 0.3) is 5.91 Å². The molecule has 0 aliphatic heterocycles. The van der Waals surface area contributed by atoms with Gasteiger partial charge >= 0.3 is 0 Å². The van der Waals surface area contributed by atoms with Crippen molar-refractivity contribution in [3.63, 3.8) is 0 Å². The summed E-state index contributed by atoms with van der Waals surface area (Å²) in [6.45, 7) is 7.86. The van der Waals surface area contributed by atoms with Crippen LogP contribution >= 0.6 is 11.6 Å². The second kappa shape index (κ2) is 8.60. The standard InChI is InChI=1S/C19H23ClN2O2/c1-4-22(5-2)17-10-8-16(9-11-17)21-19(23)14(3)24-18-12-6-15(20)7-13-18/h6-14H,4-5H2,1-3H3,(H,21,23)/t14-/m0/s1. The van der Waals surface area contributed by atoms with E-state index in [1.807, 2.05) is 24.3 Å². The smallest absolute Gasteiger partial charge is 0.265 e. The maximum Gasteiger partial charge on any atom is 0.265 e. The van der Waals surface area contributed by atoms with E-state index in [0.717, 1.165) is 24.5 Å². The van der Waals surface area contributed by atoms with Gasteiger partial charge in [-0.1, -0.05) is 11.6 Å². The largest absolute Gasteiger partial charge is 0.481 e. The number of amides is 1. The number of carbonyl (C=O) groups is 1. The average molecular weight is 347 g/mol. The lowest BCUT2D eigenvalue weighted by atomic mass is 10.2. The summed E-state index contributed by atoms with van der Waals surface area (Å²) in [6.07, 6.45) is -0.603. The van der Waals surface area contributed by atoms with Gasteiger partial charge in [0, 0.05) is 29.5 Å². The summed E-state index contributed by atoms with van der Waals surface area (Å²) < 4.78 is 5.62. The van der Waals surface area contributed by atoms with Crippen molar-refractivity contribution in [1.82, 2.24) is 0 Å². The lowest BCUT2D eigenvalue weighted by Crippen LogP contribution is -2.30. The van der Waals surface area contributed by atoms with E-state index in [0.29, 0.717) is 10.8 Å².